The Balaban J connectivity index is 1.67. The van der Waals surface area contributed by atoms with E-state index in [2.05, 4.69) is 4.84 Å². The molecule has 0 radical (unpaired) electrons. The van der Waals surface area contributed by atoms with Gasteiger partial charge in [-0.1, -0.05) is 44.2 Å². The van der Waals surface area contributed by atoms with Crippen LogP contribution < -0.4 is 4.74 Å². The summed E-state index contributed by atoms with van der Waals surface area (Å²) in [5, 5.41) is 20.4. The Morgan fingerprint density at radius 2 is 1.89 bits per heavy atom. The van der Waals surface area contributed by atoms with Crippen LogP contribution in [0.5, 0.6) is 11.5 Å². The third-order valence-electron chi connectivity index (χ3n) is 7.37. The molecule has 3 atom stereocenters. The molecule has 0 spiro atoms. The number of hydrogen-bond acceptors (Lipinski definition) is 8. The number of benzene rings is 2. The van der Waals surface area contributed by atoms with Gasteiger partial charge in [-0.2, -0.15) is 0 Å². The lowest BCUT2D eigenvalue weighted by Gasteiger charge is -2.59. The molecule has 184 valence electrons. The number of carbonyl (C=O) groups is 3. The topological polar surface area (TPSA) is 133 Å². The molecule has 0 aliphatic heterocycles. The molecule has 3 fully saturated rings. The molecule has 2 aromatic carbocycles. The van der Waals surface area contributed by atoms with Crippen molar-refractivity contribution < 1.29 is 34.2 Å². The molecular formula is C26H27NO8. The van der Waals surface area contributed by atoms with Crippen LogP contribution in [0.4, 0.5) is 0 Å². The van der Waals surface area contributed by atoms with Gasteiger partial charge >= 0.3 is 5.97 Å². The van der Waals surface area contributed by atoms with Gasteiger partial charge < -0.3 is 14.7 Å². The van der Waals surface area contributed by atoms with Gasteiger partial charge in [0, 0.05) is 41.4 Å². The van der Waals surface area contributed by atoms with Gasteiger partial charge in [-0.05, 0) is 36.3 Å². The smallest absolute Gasteiger partial charge is 0.311 e. The molecule has 3 aliphatic rings. The number of phenols is 1. The van der Waals surface area contributed by atoms with E-state index in [0.717, 1.165) is 0 Å². The van der Waals surface area contributed by atoms with Crippen LogP contribution in [0.3, 0.4) is 0 Å². The molecule has 0 unspecified atom stereocenters. The molecule has 9 nitrogen and oxygen atoms in total. The highest BCUT2D eigenvalue weighted by molar-refractivity contribution is 6.09. The third kappa shape index (κ3) is 4.76. The Labute approximate surface area is 202 Å². The van der Waals surface area contributed by atoms with E-state index in [-0.39, 0.29) is 77.7 Å². The highest BCUT2D eigenvalue weighted by atomic mass is 16.9. The summed E-state index contributed by atoms with van der Waals surface area (Å²) in [6.07, 6.45) is 0.820. The maximum Gasteiger partial charge on any atom is 0.311 e. The zero-order valence-corrected chi connectivity index (χ0v) is 19.6. The lowest BCUT2D eigenvalue weighted by molar-refractivity contribution is -0.757. The van der Waals surface area contributed by atoms with Crippen molar-refractivity contribution in [3.8, 4) is 11.5 Å². The van der Waals surface area contributed by atoms with Crippen LogP contribution >= 0.6 is 0 Å². The number of ketones is 2. The van der Waals surface area contributed by atoms with Crippen molar-refractivity contribution in [3.05, 3.63) is 69.3 Å². The molecule has 3 aliphatic carbocycles. The Bertz CT molecular complexity index is 1170. The number of carbonyl (C=O) groups excluding carboxylic acids is 3. The van der Waals surface area contributed by atoms with E-state index in [1.807, 2.05) is 13.8 Å². The minimum Gasteiger partial charge on any atom is -0.507 e. The molecule has 35 heavy (non-hydrogen) atoms. The second kappa shape index (κ2) is 9.48. The van der Waals surface area contributed by atoms with Crippen LogP contribution in [0.1, 0.15) is 66.9 Å². The summed E-state index contributed by atoms with van der Waals surface area (Å²) in [7, 11) is 0. The average molecular weight is 482 g/mol. The van der Waals surface area contributed by atoms with Crippen LogP contribution in [0.25, 0.3) is 0 Å². The van der Waals surface area contributed by atoms with E-state index in [4.69, 9.17) is 4.74 Å². The number of fused-ring (bicyclic) bond motifs is 2. The molecule has 2 aromatic rings. The van der Waals surface area contributed by atoms with Crippen LogP contribution in [0.15, 0.2) is 42.5 Å². The lowest BCUT2D eigenvalue weighted by atomic mass is 9.44. The monoisotopic (exact) mass is 481 g/mol. The predicted octanol–water partition coefficient (Wildman–Crippen LogP) is 4.24. The van der Waals surface area contributed by atoms with E-state index < -0.39 is 11.1 Å². The first-order valence-electron chi connectivity index (χ1n) is 11.6. The first-order valence-corrected chi connectivity index (χ1v) is 11.6. The molecule has 9 heteroatoms. The number of hydrogen-bond donors (Lipinski definition) is 1. The first kappa shape index (κ1) is 24.4. The number of Topliss-reactive ketones (excluding diaryl/α,β-unsaturated/α-hetero) is 1. The summed E-state index contributed by atoms with van der Waals surface area (Å²) in [4.78, 5) is 52.9. The lowest BCUT2D eigenvalue weighted by Crippen LogP contribution is -2.56. The van der Waals surface area contributed by atoms with Crippen molar-refractivity contribution in [2.45, 2.75) is 45.4 Å². The molecule has 0 amide bonds. The summed E-state index contributed by atoms with van der Waals surface area (Å²) >= 11 is 0. The van der Waals surface area contributed by atoms with Crippen molar-refractivity contribution in [2.24, 2.45) is 17.3 Å². The summed E-state index contributed by atoms with van der Waals surface area (Å²) in [5.74, 6) is -1.36. The number of rotatable bonds is 9. The van der Waals surface area contributed by atoms with Crippen molar-refractivity contribution in [2.75, 3.05) is 6.61 Å². The minimum absolute atomic E-state index is 0.0163. The van der Waals surface area contributed by atoms with Gasteiger partial charge in [0.05, 0.1) is 6.61 Å². The van der Waals surface area contributed by atoms with E-state index in [9.17, 15) is 29.6 Å². The third-order valence-corrected chi connectivity index (χ3v) is 7.37. The normalized spacial score (nSPS) is 22.1. The van der Waals surface area contributed by atoms with Gasteiger partial charge in [0.25, 0.3) is 5.09 Å². The van der Waals surface area contributed by atoms with Crippen LogP contribution in [0.2, 0.25) is 0 Å². The van der Waals surface area contributed by atoms with Crippen molar-refractivity contribution in [3.63, 3.8) is 0 Å². The van der Waals surface area contributed by atoms with Gasteiger partial charge in [0.1, 0.15) is 17.3 Å². The Morgan fingerprint density at radius 3 is 2.51 bits per heavy atom. The van der Waals surface area contributed by atoms with Crippen molar-refractivity contribution >= 4 is 17.5 Å². The summed E-state index contributed by atoms with van der Waals surface area (Å²) < 4.78 is 5.59. The van der Waals surface area contributed by atoms with E-state index in [0.29, 0.717) is 17.5 Å². The maximum absolute atomic E-state index is 13.0. The minimum atomic E-state index is -0.937. The second-order valence-electron chi connectivity index (χ2n) is 9.73. The maximum atomic E-state index is 13.0. The summed E-state index contributed by atoms with van der Waals surface area (Å²) in [6.45, 7) is 3.80. The Kier molecular flexibility index (Phi) is 6.60. The number of nitrogens with zero attached hydrogens (tertiary/aromatic N) is 1. The molecule has 0 aromatic heterocycles. The van der Waals surface area contributed by atoms with Crippen LogP contribution in [-0.4, -0.2) is 34.3 Å². The van der Waals surface area contributed by atoms with Gasteiger partial charge in [-0.25, -0.2) is 0 Å². The molecule has 0 saturated heterocycles. The number of aromatic hydroxyl groups is 1. The Hall–Kier alpha value is -3.75. The molecular weight excluding hydrogens is 454 g/mol. The zero-order chi connectivity index (χ0) is 25.3. The van der Waals surface area contributed by atoms with Crippen molar-refractivity contribution in [1.82, 2.24) is 0 Å². The largest absolute Gasteiger partial charge is 0.507 e. The fourth-order valence-electron chi connectivity index (χ4n) is 5.48. The number of ether oxygens (including phenoxy) is 1. The first-order chi connectivity index (χ1) is 16.6. The van der Waals surface area contributed by atoms with Gasteiger partial charge in [0.2, 0.25) is 0 Å². The van der Waals surface area contributed by atoms with Gasteiger partial charge in [-0.3, -0.25) is 14.4 Å². The highest BCUT2D eigenvalue weighted by Crippen LogP contribution is 2.64. The standard InChI is InChI=1S/C26H27NO8/c1-26(2)18-14-19(26)20(28)13-17(18)24-21(29)11-16(25(31)15-7-4-3-5-8-15)12-22(24)35-23(30)9-6-10-34-27(32)33/h3-5,7-8,11-12,17-19,29H,6,9-10,13-14H2,1-2H3/t17-,18+,19+/m0/s1. The number of esters is 1. The van der Waals surface area contributed by atoms with Crippen LogP contribution in [0, 0.1) is 27.4 Å². The molecule has 2 bridgehead atoms. The van der Waals surface area contributed by atoms with Crippen LogP contribution in [-0.2, 0) is 14.4 Å². The van der Waals surface area contributed by atoms with Gasteiger partial charge in [-0.15, -0.1) is 10.1 Å². The molecule has 0 heterocycles. The summed E-state index contributed by atoms with van der Waals surface area (Å²) in [5.41, 5.74) is 0.648. The van der Waals surface area contributed by atoms with Crippen molar-refractivity contribution in [1.29, 1.82) is 0 Å². The predicted molar refractivity (Wildman–Crippen MR) is 124 cm³/mol. The zero-order valence-electron chi connectivity index (χ0n) is 19.6. The fraction of sp³-hybridized carbons (Fsp3) is 0.423. The SMILES string of the molecule is CC1(C)[C@@H]2C[C@@H]1[C@@H](c1c(O)cc(C(=O)c3ccccc3)cc1OC(=O)CCCO[N+](=O)[O-])CC2=O. The molecule has 1 N–H and O–H groups in total. The second-order valence-corrected chi connectivity index (χ2v) is 9.73. The van der Waals surface area contributed by atoms with E-state index in [1.54, 1.807) is 30.3 Å². The van der Waals surface area contributed by atoms with E-state index in [1.165, 1.54) is 12.1 Å². The summed E-state index contributed by atoms with van der Waals surface area (Å²) in [6, 6.07) is 11.3. The molecule has 5 rings (SSSR count). The van der Waals surface area contributed by atoms with Gasteiger partial charge in [0.15, 0.2) is 5.78 Å². The molecule has 3 saturated carbocycles. The average Bonchev–Trinajstić information content (AvgIpc) is 2.80. The number of phenolic OH excluding ortho intramolecular Hbond substituents is 1. The quantitative estimate of drug-likeness (QED) is 0.140. The Morgan fingerprint density at radius 1 is 1.17 bits per heavy atom. The highest BCUT2D eigenvalue weighted by Gasteiger charge is 2.59. The van der Waals surface area contributed by atoms with E-state index >= 15 is 0 Å². The fourth-order valence-corrected chi connectivity index (χ4v) is 5.48.